The molecule has 0 aliphatic carbocycles. The lowest BCUT2D eigenvalue weighted by atomic mass is 10.0. The minimum atomic E-state index is 0.0844. The molecule has 1 atom stereocenters. The van der Waals surface area contributed by atoms with E-state index in [9.17, 15) is 4.79 Å². The molecule has 1 saturated heterocycles. The highest BCUT2D eigenvalue weighted by atomic mass is 16.2. The number of rotatable bonds is 3. The molecule has 4 heterocycles. The predicted molar refractivity (Wildman–Crippen MR) is 87.0 cm³/mol. The average Bonchev–Trinajstić information content (AvgIpc) is 3.24. The highest BCUT2D eigenvalue weighted by Gasteiger charge is 2.29. The van der Waals surface area contributed by atoms with Gasteiger partial charge in [-0.3, -0.25) is 9.48 Å². The van der Waals surface area contributed by atoms with Crippen molar-refractivity contribution in [3.05, 3.63) is 48.5 Å². The molecule has 1 aliphatic heterocycles. The number of carbonyl (C=O) groups is 1. The number of aromatic amines is 1. The Hall–Kier alpha value is -2.63. The summed E-state index contributed by atoms with van der Waals surface area (Å²) in [4.78, 5) is 22.4. The fourth-order valence-corrected chi connectivity index (χ4v) is 3.37. The molecule has 0 radical (unpaired) electrons. The largest absolute Gasteiger partial charge is 0.345 e. The van der Waals surface area contributed by atoms with Gasteiger partial charge in [0.05, 0.1) is 18.2 Å². The summed E-state index contributed by atoms with van der Waals surface area (Å²) in [5, 5.41) is 5.17. The topological polar surface area (TPSA) is 66.8 Å². The summed E-state index contributed by atoms with van der Waals surface area (Å²) in [7, 11) is 0. The standard InChI is InChI=1S/C17H19N5O/c23-17(15-11-19-16-14(15)6-3-7-18-16)22-10-2-1-5-13(22)12-21-9-4-8-20-21/h3-4,6-9,11,13H,1-2,5,10,12H2,(H,18,19)/t13-/m1/s1. The second-order valence-corrected chi connectivity index (χ2v) is 5.98. The number of hydrogen-bond acceptors (Lipinski definition) is 3. The molecule has 3 aromatic rings. The van der Waals surface area contributed by atoms with E-state index in [1.165, 1.54) is 0 Å². The molecule has 118 valence electrons. The molecule has 1 amide bonds. The quantitative estimate of drug-likeness (QED) is 0.808. The van der Waals surface area contributed by atoms with Crippen molar-refractivity contribution in [1.29, 1.82) is 0 Å². The van der Waals surface area contributed by atoms with Gasteiger partial charge in [-0.05, 0) is 37.5 Å². The number of carbonyl (C=O) groups excluding carboxylic acids is 1. The number of nitrogens with zero attached hydrogens (tertiary/aromatic N) is 4. The Morgan fingerprint density at radius 3 is 3.13 bits per heavy atom. The second-order valence-electron chi connectivity index (χ2n) is 5.98. The summed E-state index contributed by atoms with van der Waals surface area (Å²) in [5.41, 5.74) is 1.47. The fraction of sp³-hybridized carbons (Fsp3) is 0.353. The molecule has 4 rings (SSSR count). The maximum Gasteiger partial charge on any atom is 0.256 e. The van der Waals surface area contributed by atoms with Crippen LogP contribution in [0.25, 0.3) is 11.0 Å². The number of nitrogens with one attached hydrogen (secondary N) is 1. The number of H-pyrrole nitrogens is 1. The van der Waals surface area contributed by atoms with Gasteiger partial charge < -0.3 is 9.88 Å². The molecule has 0 spiro atoms. The minimum Gasteiger partial charge on any atom is -0.345 e. The van der Waals surface area contributed by atoms with Crippen LogP contribution in [0.2, 0.25) is 0 Å². The van der Waals surface area contributed by atoms with Crippen molar-refractivity contribution in [2.45, 2.75) is 31.8 Å². The molecule has 6 nitrogen and oxygen atoms in total. The van der Waals surface area contributed by atoms with Gasteiger partial charge in [0.1, 0.15) is 5.65 Å². The van der Waals surface area contributed by atoms with Crippen LogP contribution >= 0.6 is 0 Å². The van der Waals surface area contributed by atoms with Crippen LogP contribution in [0.5, 0.6) is 0 Å². The Labute approximate surface area is 134 Å². The van der Waals surface area contributed by atoms with Crippen molar-refractivity contribution < 1.29 is 4.79 Å². The normalized spacial score (nSPS) is 18.4. The summed E-state index contributed by atoms with van der Waals surface area (Å²) in [6.45, 7) is 1.55. The first-order valence-electron chi connectivity index (χ1n) is 8.03. The van der Waals surface area contributed by atoms with E-state index in [0.717, 1.165) is 43.4 Å². The van der Waals surface area contributed by atoms with Crippen molar-refractivity contribution in [1.82, 2.24) is 24.6 Å². The van der Waals surface area contributed by atoms with Crippen LogP contribution in [0.4, 0.5) is 0 Å². The molecule has 23 heavy (non-hydrogen) atoms. The van der Waals surface area contributed by atoms with Gasteiger partial charge in [-0.1, -0.05) is 0 Å². The minimum absolute atomic E-state index is 0.0844. The molecule has 6 heteroatoms. The van der Waals surface area contributed by atoms with E-state index in [4.69, 9.17) is 0 Å². The van der Waals surface area contributed by atoms with E-state index in [0.29, 0.717) is 5.56 Å². The summed E-state index contributed by atoms with van der Waals surface area (Å²) in [6, 6.07) is 5.92. The van der Waals surface area contributed by atoms with Gasteiger partial charge in [0, 0.05) is 36.7 Å². The van der Waals surface area contributed by atoms with E-state index < -0.39 is 0 Å². The van der Waals surface area contributed by atoms with Gasteiger partial charge in [-0.15, -0.1) is 0 Å². The van der Waals surface area contributed by atoms with Crippen LogP contribution in [0.3, 0.4) is 0 Å². The third kappa shape index (κ3) is 2.60. The molecule has 1 N–H and O–H groups in total. The Kier molecular flexibility index (Phi) is 3.57. The van der Waals surface area contributed by atoms with Crippen molar-refractivity contribution >= 4 is 16.9 Å². The number of likely N-dealkylation sites (tertiary alicyclic amines) is 1. The monoisotopic (exact) mass is 309 g/mol. The van der Waals surface area contributed by atoms with Crippen LogP contribution in [0.1, 0.15) is 29.6 Å². The van der Waals surface area contributed by atoms with E-state index >= 15 is 0 Å². The van der Waals surface area contributed by atoms with Crippen molar-refractivity contribution in [2.24, 2.45) is 0 Å². The first kappa shape index (κ1) is 14.0. The van der Waals surface area contributed by atoms with Gasteiger partial charge in [0.25, 0.3) is 5.91 Å². The van der Waals surface area contributed by atoms with E-state index in [1.54, 1.807) is 18.6 Å². The summed E-state index contributed by atoms with van der Waals surface area (Å²) < 4.78 is 1.91. The van der Waals surface area contributed by atoms with E-state index in [-0.39, 0.29) is 11.9 Å². The number of pyridine rings is 1. The number of aromatic nitrogens is 4. The molecule has 0 aromatic carbocycles. The van der Waals surface area contributed by atoms with Gasteiger partial charge in [-0.25, -0.2) is 4.98 Å². The third-order valence-corrected chi connectivity index (χ3v) is 4.53. The molecule has 1 fully saturated rings. The Balaban J connectivity index is 1.62. The number of fused-ring (bicyclic) bond motifs is 1. The lowest BCUT2D eigenvalue weighted by Crippen LogP contribution is -2.45. The van der Waals surface area contributed by atoms with Crippen LogP contribution in [-0.4, -0.2) is 43.1 Å². The number of hydrogen-bond donors (Lipinski definition) is 1. The number of piperidine rings is 1. The molecular weight excluding hydrogens is 290 g/mol. The zero-order chi connectivity index (χ0) is 15.6. The lowest BCUT2D eigenvalue weighted by Gasteiger charge is -2.35. The van der Waals surface area contributed by atoms with Crippen molar-refractivity contribution in [3.63, 3.8) is 0 Å². The highest BCUT2D eigenvalue weighted by Crippen LogP contribution is 2.24. The first-order valence-corrected chi connectivity index (χ1v) is 8.03. The van der Waals surface area contributed by atoms with Crippen molar-refractivity contribution in [2.75, 3.05) is 6.54 Å². The fourth-order valence-electron chi connectivity index (χ4n) is 3.37. The lowest BCUT2D eigenvalue weighted by molar-refractivity contribution is 0.0586. The summed E-state index contributed by atoms with van der Waals surface area (Å²) in [5.74, 6) is 0.0844. The van der Waals surface area contributed by atoms with Crippen LogP contribution in [-0.2, 0) is 6.54 Å². The smallest absolute Gasteiger partial charge is 0.256 e. The third-order valence-electron chi connectivity index (χ3n) is 4.53. The molecular formula is C17H19N5O. The van der Waals surface area contributed by atoms with Crippen LogP contribution < -0.4 is 0 Å². The molecule has 3 aromatic heterocycles. The summed E-state index contributed by atoms with van der Waals surface area (Å²) in [6.07, 6.45) is 10.5. The Morgan fingerprint density at radius 1 is 1.30 bits per heavy atom. The Bertz CT molecular complexity index is 807. The van der Waals surface area contributed by atoms with Gasteiger partial charge >= 0.3 is 0 Å². The molecule has 1 aliphatic rings. The first-order chi connectivity index (χ1) is 11.3. The van der Waals surface area contributed by atoms with Crippen LogP contribution in [0, 0.1) is 0 Å². The SMILES string of the molecule is O=C(c1c[nH]c2ncccc12)N1CCCC[C@@H]1Cn1cccn1. The van der Waals surface area contributed by atoms with Gasteiger partial charge in [0.2, 0.25) is 0 Å². The van der Waals surface area contributed by atoms with Gasteiger partial charge in [0.15, 0.2) is 0 Å². The number of amides is 1. The van der Waals surface area contributed by atoms with Crippen molar-refractivity contribution in [3.8, 4) is 0 Å². The van der Waals surface area contributed by atoms with Crippen LogP contribution in [0.15, 0.2) is 43.0 Å². The Morgan fingerprint density at radius 2 is 2.26 bits per heavy atom. The molecule has 0 saturated carbocycles. The zero-order valence-electron chi connectivity index (χ0n) is 12.9. The average molecular weight is 309 g/mol. The van der Waals surface area contributed by atoms with Gasteiger partial charge in [-0.2, -0.15) is 5.10 Å². The summed E-state index contributed by atoms with van der Waals surface area (Å²) >= 11 is 0. The highest BCUT2D eigenvalue weighted by molar-refractivity contribution is 6.06. The maximum atomic E-state index is 13.1. The molecule has 0 unspecified atom stereocenters. The van der Waals surface area contributed by atoms with E-state index in [2.05, 4.69) is 15.1 Å². The molecule has 0 bridgehead atoms. The van der Waals surface area contributed by atoms with E-state index in [1.807, 2.05) is 34.0 Å². The zero-order valence-corrected chi connectivity index (χ0v) is 12.9. The second kappa shape index (κ2) is 5.87. The maximum absolute atomic E-state index is 13.1. The predicted octanol–water partition coefficient (Wildman–Crippen LogP) is 2.45.